The monoisotopic (exact) mass is 323 g/mol. The summed E-state index contributed by atoms with van der Waals surface area (Å²) in [5.41, 5.74) is 0. The summed E-state index contributed by atoms with van der Waals surface area (Å²) < 4.78 is 50.3. The van der Waals surface area contributed by atoms with Crippen LogP contribution in [0.5, 0.6) is 0 Å². The second-order valence-electron chi connectivity index (χ2n) is 6.47. The van der Waals surface area contributed by atoms with E-state index in [0.29, 0.717) is 0 Å². The second-order valence-corrected chi connectivity index (χ2v) is 11.0. The maximum absolute atomic E-state index is 12.4. The van der Waals surface area contributed by atoms with Gasteiger partial charge in [-0.15, -0.1) is 0 Å². The van der Waals surface area contributed by atoms with Crippen LogP contribution in [-0.4, -0.2) is 50.5 Å². The molecule has 0 bridgehead atoms. The minimum Gasteiger partial charge on any atom is -0.228 e. The van der Waals surface area contributed by atoms with Gasteiger partial charge in [0.15, 0.2) is 9.84 Å². The van der Waals surface area contributed by atoms with Gasteiger partial charge >= 0.3 is 0 Å². The van der Waals surface area contributed by atoms with Crippen molar-refractivity contribution < 1.29 is 16.8 Å². The Balaban J connectivity index is 1.95. The number of nitrogens with zero attached hydrogens (tertiary/aromatic N) is 1. The molecule has 0 aromatic carbocycles. The predicted molar refractivity (Wildman–Crippen MR) is 79.8 cm³/mol. The van der Waals surface area contributed by atoms with Crippen LogP contribution in [0.1, 0.15) is 46.0 Å². The van der Waals surface area contributed by atoms with Crippen molar-refractivity contribution in [1.82, 2.24) is 4.31 Å². The first-order valence-corrected chi connectivity index (χ1v) is 10.7. The van der Waals surface area contributed by atoms with Gasteiger partial charge in [0, 0.05) is 13.1 Å². The van der Waals surface area contributed by atoms with E-state index in [9.17, 15) is 16.8 Å². The fraction of sp³-hybridized carbons (Fsp3) is 1.00. The Morgan fingerprint density at radius 3 is 2.00 bits per heavy atom. The average molecular weight is 323 g/mol. The smallest absolute Gasteiger partial charge is 0.217 e. The van der Waals surface area contributed by atoms with Crippen molar-refractivity contribution in [2.45, 2.75) is 56.5 Å². The van der Waals surface area contributed by atoms with Crippen molar-refractivity contribution >= 4 is 19.9 Å². The summed E-state index contributed by atoms with van der Waals surface area (Å²) >= 11 is 0. The van der Waals surface area contributed by atoms with E-state index in [2.05, 4.69) is 0 Å². The van der Waals surface area contributed by atoms with E-state index in [-0.39, 0.29) is 30.0 Å². The van der Waals surface area contributed by atoms with Gasteiger partial charge in [-0.2, -0.15) is 4.31 Å². The maximum atomic E-state index is 12.4. The minimum atomic E-state index is -3.28. The molecule has 1 saturated carbocycles. The fourth-order valence-corrected chi connectivity index (χ4v) is 7.34. The van der Waals surface area contributed by atoms with Crippen LogP contribution in [0.3, 0.4) is 0 Å². The van der Waals surface area contributed by atoms with Crippen molar-refractivity contribution in [3.05, 3.63) is 0 Å². The Bertz CT molecular complexity index is 527. The molecule has 1 aliphatic carbocycles. The van der Waals surface area contributed by atoms with Crippen LogP contribution >= 0.6 is 0 Å². The summed E-state index contributed by atoms with van der Waals surface area (Å²) in [6, 6.07) is 0. The first kappa shape index (κ1) is 16.2. The largest absolute Gasteiger partial charge is 0.228 e. The first-order valence-electron chi connectivity index (χ1n) is 7.44. The highest BCUT2D eigenvalue weighted by molar-refractivity contribution is 7.92. The number of hydrogen-bond acceptors (Lipinski definition) is 4. The standard InChI is InChI=1S/C13H25NO4S2/c1-11(2)10-19(15,16)13-8-14(9-13)20(17,18)12-6-4-3-5-7-12/h11-13H,3-10H2,1-2H3. The van der Waals surface area contributed by atoms with Gasteiger partial charge in [0.25, 0.3) is 0 Å². The van der Waals surface area contributed by atoms with E-state index < -0.39 is 25.1 Å². The summed E-state index contributed by atoms with van der Waals surface area (Å²) in [7, 11) is -6.43. The van der Waals surface area contributed by atoms with Gasteiger partial charge in [-0.25, -0.2) is 16.8 Å². The lowest BCUT2D eigenvalue weighted by Crippen LogP contribution is -2.59. The van der Waals surface area contributed by atoms with Gasteiger partial charge < -0.3 is 0 Å². The molecule has 0 radical (unpaired) electrons. The van der Waals surface area contributed by atoms with Gasteiger partial charge in [0.1, 0.15) is 0 Å². The van der Waals surface area contributed by atoms with E-state index in [4.69, 9.17) is 0 Å². The molecule has 0 amide bonds. The molecule has 5 nitrogen and oxygen atoms in total. The third-order valence-electron chi connectivity index (χ3n) is 4.22. The van der Waals surface area contributed by atoms with Crippen molar-refractivity contribution in [1.29, 1.82) is 0 Å². The molecule has 0 aromatic heterocycles. The highest BCUT2D eigenvalue weighted by atomic mass is 32.2. The van der Waals surface area contributed by atoms with Crippen molar-refractivity contribution in [2.75, 3.05) is 18.8 Å². The average Bonchev–Trinajstić information content (AvgIpc) is 2.25. The molecule has 20 heavy (non-hydrogen) atoms. The molecular weight excluding hydrogens is 298 g/mol. The quantitative estimate of drug-likeness (QED) is 0.767. The summed E-state index contributed by atoms with van der Waals surface area (Å²) in [5, 5.41) is -0.784. The van der Waals surface area contributed by atoms with Crippen LogP contribution in [0, 0.1) is 5.92 Å². The normalized spacial score (nSPS) is 23.9. The Morgan fingerprint density at radius 2 is 1.50 bits per heavy atom. The predicted octanol–water partition coefficient (Wildman–Crippen LogP) is 1.40. The molecule has 2 aliphatic rings. The van der Waals surface area contributed by atoms with E-state index in [1.54, 1.807) is 0 Å². The lowest BCUT2D eigenvalue weighted by atomic mass is 10.0. The van der Waals surface area contributed by atoms with Crippen LogP contribution in [0.2, 0.25) is 0 Å². The van der Waals surface area contributed by atoms with Crippen LogP contribution in [0.4, 0.5) is 0 Å². The topological polar surface area (TPSA) is 71.5 Å². The molecule has 0 unspecified atom stereocenters. The van der Waals surface area contributed by atoms with Gasteiger partial charge in [0.2, 0.25) is 10.0 Å². The fourth-order valence-electron chi connectivity index (χ4n) is 3.01. The SMILES string of the molecule is CC(C)CS(=O)(=O)C1CN(S(=O)(=O)C2CCCCC2)C1. The molecule has 1 aliphatic heterocycles. The van der Waals surface area contributed by atoms with E-state index >= 15 is 0 Å². The number of sulfone groups is 1. The number of hydrogen-bond donors (Lipinski definition) is 0. The lowest BCUT2D eigenvalue weighted by molar-refractivity contribution is 0.299. The molecule has 0 N–H and O–H groups in total. The molecular formula is C13H25NO4S2. The Hall–Kier alpha value is -0.140. The molecule has 2 fully saturated rings. The minimum absolute atomic E-state index is 0.0870. The summed E-state index contributed by atoms with van der Waals surface area (Å²) in [6.07, 6.45) is 4.49. The Morgan fingerprint density at radius 1 is 0.950 bits per heavy atom. The second kappa shape index (κ2) is 5.93. The lowest BCUT2D eigenvalue weighted by Gasteiger charge is -2.40. The van der Waals surface area contributed by atoms with Crippen LogP contribution in [0.25, 0.3) is 0 Å². The zero-order valence-corrected chi connectivity index (χ0v) is 13.9. The zero-order valence-electron chi connectivity index (χ0n) is 12.3. The van der Waals surface area contributed by atoms with E-state index in [1.807, 2.05) is 13.8 Å². The zero-order chi connectivity index (χ0) is 15.0. The highest BCUT2D eigenvalue weighted by Gasteiger charge is 2.45. The molecule has 1 saturated heterocycles. The number of sulfonamides is 1. The molecule has 118 valence electrons. The molecule has 0 spiro atoms. The van der Waals surface area contributed by atoms with E-state index in [0.717, 1.165) is 32.1 Å². The molecule has 7 heteroatoms. The van der Waals surface area contributed by atoms with Crippen molar-refractivity contribution in [3.63, 3.8) is 0 Å². The van der Waals surface area contributed by atoms with Gasteiger partial charge in [-0.3, -0.25) is 0 Å². The van der Waals surface area contributed by atoms with E-state index in [1.165, 1.54) is 4.31 Å². The van der Waals surface area contributed by atoms with Crippen LogP contribution in [-0.2, 0) is 19.9 Å². The molecule has 2 rings (SSSR count). The Kier molecular flexibility index (Phi) is 4.81. The Labute approximate surface area is 122 Å². The van der Waals surface area contributed by atoms with Crippen molar-refractivity contribution in [3.8, 4) is 0 Å². The van der Waals surface area contributed by atoms with Crippen LogP contribution < -0.4 is 0 Å². The third kappa shape index (κ3) is 3.36. The molecule has 0 aromatic rings. The van der Waals surface area contributed by atoms with Gasteiger partial charge in [-0.1, -0.05) is 33.1 Å². The van der Waals surface area contributed by atoms with Gasteiger partial charge in [0.05, 0.1) is 16.3 Å². The summed E-state index contributed by atoms with van der Waals surface area (Å²) in [5.74, 6) is 0.235. The number of rotatable bonds is 5. The van der Waals surface area contributed by atoms with Gasteiger partial charge in [-0.05, 0) is 18.8 Å². The summed E-state index contributed by atoms with van der Waals surface area (Å²) in [6.45, 7) is 4.06. The maximum Gasteiger partial charge on any atom is 0.217 e. The summed E-state index contributed by atoms with van der Waals surface area (Å²) in [4.78, 5) is 0. The highest BCUT2D eigenvalue weighted by Crippen LogP contribution is 2.30. The van der Waals surface area contributed by atoms with Crippen molar-refractivity contribution in [2.24, 2.45) is 5.92 Å². The molecule has 0 atom stereocenters. The molecule has 1 heterocycles. The third-order valence-corrected chi connectivity index (χ3v) is 9.00. The first-order chi connectivity index (χ1) is 9.23. The van der Waals surface area contributed by atoms with Crippen LogP contribution in [0.15, 0.2) is 0 Å².